The lowest BCUT2D eigenvalue weighted by Crippen LogP contribution is -2.13. The lowest BCUT2D eigenvalue weighted by Gasteiger charge is -2.06. The fourth-order valence-corrected chi connectivity index (χ4v) is 1.70. The summed E-state index contributed by atoms with van der Waals surface area (Å²) in [5.74, 6) is 0.297. The highest BCUT2D eigenvalue weighted by Crippen LogP contribution is 2.14. The van der Waals surface area contributed by atoms with Gasteiger partial charge in [0.1, 0.15) is 12.4 Å². The number of aliphatic hydroxyl groups excluding tert-OH is 1. The van der Waals surface area contributed by atoms with Crippen LogP contribution in [0.1, 0.15) is 35.9 Å². The van der Waals surface area contributed by atoms with E-state index in [-0.39, 0.29) is 17.3 Å². The third-order valence-electron chi connectivity index (χ3n) is 2.74. The topological polar surface area (TPSA) is 83.0 Å². The average Bonchev–Trinajstić information content (AvgIpc) is 2.36. The lowest BCUT2D eigenvalue weighted by molar-refractivity contribution is 0.0904. The highest BCUT2D eigenvalue weighted by molar-refractivity contribution is 5.99. The molecule has 0 unspecified atom stereocenters. The molecule has 0 bridgehead atoms. The first-order chi connectivity index (χ1) is 8.52. The van der Waals surface area contributed by atoms with E-state index < -0.39 is 6.61 Å². The van der Waals surface area contributed by atoms with Crippen molar-refractivity contribution in [3.8, 4) is 0 Å². The van der Waals surface area contributed by atoms with Crippen LogP contribution in [0.5, 0.6) is 0 Å². The molecule has 0 aliphatic carbocycles. The number of rotatable bonds is 3. The van der Waals surface area contributed by atoms with Crippen molar-refractivity contribution < 1.29 is 9.90 Å². The van der Waals surface area contributed by atoms with Crippen molar-refractivity contribution in [3.05, 3.63) is 39.9 Å². The van der Waals surface area contributed by atoms with Gasteiger partial charge in [0, 0.05) is 11.5 Å². The molecule has 5 heteroatoms. The van der Waals surface area contributed by atoms with E-state index in [0.29, 0.717) is 22.3 Å². The number of Topliss-reactive ketones (excluding diaryl/α,β-unsaturated/α-hetero) is 1. The molecule has 18 heavy (non-hydrogen) atoms. The van der Waals surface area contributed by atoms with Crippen LogP contribution >= 0.6 is 0 Å². The summed E-state index contributed by atoms with van der Waals surface area (Å²) in [6.07, 6.45) is 0. The Morgan fingerprint density at radius 1 is 1.44 bits per heavy atom. The second-order valence-corrected chi connectivity index (χ2v) is 4.42. The fraction of sp³-hybridized carbons (Fsp3) is 0.308. The summed E-state index contributed by atoms with van der Waals surface area (Å²) in [6, 6.07) is 4.61. The van der Waals surface area contributed by atoms with E-state index in [0.717, 1.165) is 0 Å². The van der Waals surface area contributed by atoms with Gasteiger partial charge in [0.2, 0.25) is 0 Å². The van der Waals surface area contributed by atoms with Gasteiger partial charge in [-0.25, -0.2) is 4.98 Å². The third-order valence-corrected chi connectivity index (χ3v) is 2.74. The van der Waals surface area contributed by atoms with E-state index in [1.807, 2.05) is 13.8 Å². The molecule has 0 atom stereocenters. The molecular formula is C13H14N2O3. The molecule has 2 rings (SSSR count). The van der Waals surface area contributed by atoms with Gasteiger partial charge in [-0.1, -0.05) is 19.9 Å². The normalized spacial score (nSPS) is 11.1. The Morgan fingerprint density at radius 3 is 2.78 bits per heavy atom. The Labute approximate surface area is 103 Å². The predicted octanol–water partition coefficient (Wildman–Crippen LogP) is 1.22. The van der Waals surface area contributed by atoms with Crippen molar-refractivity contribution in [2.45, 2.75) is 19.8 Å². The molecule has 0 radical (unpaired) electrons. The number of nitrogens with one attached hydrogen (secondary N) is 1. The maximum Gasteiger partial charge on any atom is 0.258 e. The number of aliphatic hydroxyl groups is 1. The van der Waals surface area contributed by atoms with Crippen LogP contribution in [0.15, 0.2) is 23.0 Å². The molecule has 2 N–H and O–H groups in total. The molecule has 94 valence electrons. The number of aromatic amines is 1. The first kappa shape index (κ1) is 12.4. The first-order valence-electron chi connectivity index (χ1n) is 5.71. The number of hydrogen-bond donors (Lipinski definition) is 2. The van der Waals surface area contributed by atoms with Crippen LogP contribution in [0.3, 0.4) is 0 Å². The Balaban J connectivity index is 2.68. The second kappa shape index (κ2) is 4.70. The second-order valence-electron chi connectivity index (χ2n) is 4.42. The summed E-state index contributed by atoms with van der Waals surface area (Å²) < 4.78 is 0. The van der Waals surface area contributed by atoms with E-state index >= 15 is 0 Å². The minimum atomic E-state index is -0.550. The maximum atomic E-state index is 11.8. The number of nitrogens with zero attached hydrogens (tertiary/aromatic N) is 1. The molecule has 5 nitrogen and oxygen atoms in total. The summed E-state index contributed by atoms with van der Waals surface area (Å²) in [4.78, 5) is 30.3. The molecule has 0 aliphatic rings. The zero-order valence-electron chi connectivity index (χ0n) is 10.2. The predicted molar refractivity (Wildman–Crippen MR) is 67.9 cm³/mol. The maximum absolute atomic E-state index is 11.8. The van der Waals surface area contributed by atoms with Gasteiger partial charge in [-0.2, -0.15) is 0 Å². The molecule has 0 aliphatic heterocycles. The molecule has 0 saturated heterocycles. The van der Waals surface area contributed by atoms with Gasteiger partial charge in [0.05, 0.1) is 10.9 Å². The van der Waals surface area contributed by atoms with Crippen molar-refractivity contribution in [1.29, 1.82) is 0 Å². The number of carbonyl (C=O) groups excluding carboxylic acids is 1. The van der Waals surface area contributed by atoms with Gasteiger partial charge in [-0.3, -0.25) is 9.59 Å². The molecule has 0 fully saturated rings. The Hall–Kier alpha value is -2.01. The molecule has 1 aromatic heterocycles. The van der Waals surface area contributed by atoms with Gasteiger partial charge in [0.25, 0.3) is 5.56 Å². The fourth-order valence-electron chi connectivity index (χ4n) is 1.70. The smallest absolute Gasteiger partial charge is 0.258 e. The van der Waals surface area contributed by atoms with Crippen LogP contribution in [0, 0.1) is 0 Å². The van der Waals surface area contributed by atoms with E-state index in [1.54, 1.807) is 6.07 Å². The van der Waals surface area contributed by atoms with Crippen molar-refractivity contribution >= 4 is 16.7 Å². The van der Waals surface area contributed by atoms with Crippen molar-refractivity contribution in [2.75, 3.05) is 6.61 Å². The highest BCUT2D eigenvalue weighted by Gasteiger charge is 2.10. The lowest BCUT2D eigenvalue weighted by atomic mass is 10.1. The van der Waals surface area contributed by atoms with Gasteiger partial charge >= 0.3 is 0 Å². The number of H-pyrrole nitrogens is 1. The summed E-state index contributed by atoms with van der Waals surface area (Å²) in [7, 11) is 0. The summed E-state index contributed by atoms with van der Waals surface area (Å²) in [6.45, 7) is 3.30. The summed E-state index contributed by atoms with van der Waals surface area (Å²) >= 11 is 0. The number of benzene rings is 1. The summed E-state index contributed by atoms with van der Waals surface area (Å²) in [5, 5.41) is 9.26. The van der Waals surface area contributed by atoms with E-state index in [2.05, 4.69) is 9.97 Å². The van der Waals surface area contributed by atoms with Crippen LogP contribution < -0.4 is 5.56 Å². The minimum Gasteiger partial charge on any atom is -0.388 e. The number of ketones is 1. The van der Waals surface area contributed by atoms with Crippen LogP contribution in [-0.4, -0.2) is 27.5 Å². The monoisotopic (exact) mass is 246 g/mol. The van der Waals surface area contributed by atoms with E-state index in [9.17, 15) is 9.59 Å². The summed E-state index contributed by atoms with van der Waals surface area (Å²) in [5.41, 5.74) is 0.617. The third kappa shape index (κ3) is 2.17. The van der Waals surface area contributed by atoms with Crippen LogP contribution in [0.25, 0.3) is 10.9 Å². The SMILES string of the molecule is CC(C)c1nc2cc(C(=O)CO)ccc2c(=O)[nH]1. The van der Waals surface area contributed by atoms with Crippen LogP contribution in [-0.2, 0) is 0 Å². The number of aromatic nitrogens is 2. The molecule has 1 aromatic carbocycles. The molecule has 2 aromatic rings. The zero-order chi connectivity index (χ0) is 13.3. The number of fused-ring (bicyclic) bond motifs is 1. The Morgan fingerprint density at radius 2 is 2.17 bits per heavy atom. The molecule has 0 saturated carbocycles. The Bertz CT molecular complexity index is 659. The Kier molecular flexibility index (Phi) is 3.25. The van der Waals surface area contributed by atoms with Crippen molar-refractivity contribution in [2.24, 2.45) is 0 Å². The van der Waals surface area contributed by atoms with E-state index in [1.165, 1.54) is 12.1 Å². The van der Waals surface area contributed by atoms with Crippen LogP contribution in [0.4, 0.5) is 0 Å². The van der Waals surface area contributed by atoms with Gasteiger partial charge in [-0.05, 0) is 12.1 Å². The highest BCUT2D eigenvalue weighted by atomic mass is 16.3. The number of hydrogen-bond acceptors (Lipinski definition) is 4. The first-order valence-corrected chi connectivity index (χ1v) is 5.71. The standard InChI is InChI=1S/C13H14N2O3/c1-7(2)12-14-10-5-8(11(17)6-16)3-4-9(10)13(18)15-12/h3-5,7,16H,6H2,1-2H3,(H,14,15,18). The van der Waals surface area contributed by atoms with Crippen LogP contribution in [0.2, 0.25) is 0 Å². The van der Waals surface area contributed by atoms with Crippen molar-refractivity contribution in [1.82, 2.24) is 9.97 Å². The molecule has 1 heterocycles. The largest absolute Gasteiger partial charge is 0.388 e. The van der Waals surface area contributed by atoms with E-state index in [4.69, 9.17) is 5.11 Å². The van der Waals surface area contributed by atoms with Crippen molar-refractivity contribution in [3.63, 3.8) is 0 Å². The molecule has 0 spiro atoms. The number of carbonyl (C=O) groups is 1. The van der Waals surface area contributed by atoms with Gasteiger partial charge < -0.3 is 10.1 Å². The quantitative estimate of drug-likeness (QED) is 0.798. The minimum absolute atomic E-state index is 0.0966. The van der Waals surface area contributed by atoms with Gasteiger partial charge in [-0.15, -0.1) is 0 Å². The molecular weight excluding hydrogens is 232 g/mol. The average molecular weight is 246 g/mol. The zero-order valence-corrected chi connectivity index (χ0v) is 10.2. The van der Waals surface area contributed by atoms with Gasteiger partial charge in [0.15, 0.2) is 5.78 Å². The molecule has 0 amide bonds.